The Morgan fingerprint density at radius 2 is 1.73 bits per heavy atom. The van der Waals surface area contributed by atoms with Gasteiger partial charge in [-0.1, -0.05) is 36.0 Å². The molecule has 0 aliphatic carbocycles. The third-order valence-electron chi connectivity index (χ3n) is 4.49. The largest absolute Gasteiger partial charge is 0.358 e. The van der Waals surface area contributed by atoms with Gasteiger partial charge in [0, 0.05) is 17.0 Å². The molecule has 10 heteroatoms. The molecule has 0 bridgehead atoms. The fraction of sp³-hybridized carbons (Fsp3) is 0.100. The molecule has 4 aromatic rings. The van der Waals surface area contributed by atoms with Gasteiger partial charge in [0.25, 0.3) is 0 Å². The molecule has 6 nitrogen and oxygen atoms in total. The summed E-state index contributed by atoms with van der Waals surface area (Å²) >= 11 is 1.02. The Morgan fingerprint density at radius 1 is 1.03 bits per heavy atom. The van der Waals surface area contributed by atoms with E-state index in [1.165, 1.54) is 6.20 Å². The molecular formula is C20H13F3N4O2S. The highest BCUT2D eigenvalue weighted by molar-refractivity contribution is 7.98. The number of hydrogen-bond acceptors (Lipinski definition) is 5. The number of nitrogens with zero attached hydrogens (tertiary/aromatic N) is 4. The first-order valence-corrected chi connectivity index (χ1v) is 9.87. The summed E-state index contributed by atoms with van der Waals surface area (Å²) in [6.45, 7) is -0.311. The first kappa shape index (κ1) is 19.9. The predicted molar refractivity (Wildman–Crippen MR) is 107 cm³/mol. The van der Waals surface area contributed by atoms with Crippen LogP contribution in [-0.4, -0.2) is 25.4 Å². The van der Waals surface area contributed by atoms with E-state index in [-0.39, 0.29) is 23.0 Å². The molecular weight excluding hydrogens is 417 g/mol. The lowest BCUT2D eigenvalue weighted by atomic mass is 10.1. The van der Waals surface area contributed by atoms with Crippen molar-refractivity contribution in [2.45, 2.75) is 11.7 Å². The van der Waals surface area contributed by atoms with E-state index >= 15 is 0 Å². The maximum absolute atomic E-state index is 13.6. The normalized spacial score (nSPS) is 11.2. The van der Waals surface area contributed by atoms with Crippen molar-refractivity contribution in [3.63, 3.8) is 0 Å². The van der Waals surface area contributed by atoms with Crippen LogP contribution in [-0.2, 0) is 6.54 Å². The van der Waals surface area contributed by atoms with Gasteiger partial charge in [-0.25, -0.2) is 27.3 Å². The Bertz CT molecular complexity index is 1370. The minimum Gasteiger partial charge on any atom is -0.267 e. The quantitative estimate of drug-likeness (QED) is 0.368. The average molecular weight is 430 g/mol. The van der Waals surface area contributed by atoms with Crippen LogP contribution in [0.25, 0.3) is 16.5 Å². The first-order valence-electron chi connectivity index (χ1n) is 8.65. The summed E-state index contributed by atoms with van der Waals surface area (Å²) in [5.41, 5.74) is -1.34. The molecule has 4 rings (SSSR count). The van der Waals surface area contributed by atoms with Crippen molar-refractivity contribution in [2.24, 2.45) is 0 Å². The standard InChI is InChI=1S/C20H13F3N4O2S/c1-30-19-25-18(28)27(16-9-24-8-12-4-2-3-5-13(12)16)20(29)26(19)10-11-6-14(21)17(23)15(22)7-11/h2-9H,10H2,1H3. The summed E-state index contributed by atoms with van der Waals surface area (Å²) in [4.78, 5) is 33.9. The lowest BCUT2D eigenvalue weighted by Gasteiger charge is -2.14. The molecule has 2 aromatic carbocycles. The zero-order chi connectivity index (χ0) is 21.4. The second kappa shape index (κ2) is 7.79. The molecule has 0 amide bonds. The highest BCUT2D eigenvalue weighted by Gasteiger charge is 2.18. The van der Waals surface area contributed by atoms with E-state index < -0.39 is 28.8 Å². The van der Waals surface area contributed by atoms with Crippen molar-refractivity contribution in [2.75, 3.05) is 6.26 Å². The molecule has 0 spiro atoms. The van der Waals surface area contributed by atoms with Gasteiger partial charge in [0.05, 0.1) is 18.4 Å². The molecule has 2 heterocycles. The Hall–Kier alpha value is -3.40. The molecule has 30 heavy (non-hydrogen) atoms. The number of fused-ring (bicyclic) bond motifs is 1. The minimum absolute atomic E-state index is 0.00634. The average Bonchev–Trinajstić information content (AvgIpc) is 2.74. The molecule has 0 N–H and O–H groups in total. The highest BCUT2D eigenvalue weighted by Crippen LogP contribution is 2.20. The topological polar surface area (TPSA) is 69.8 Å². The van der Waals surface area contributed by atoms with Crippen molar-refractivity contribution in [3.05, 3.63) is 92.8 Å². The molecule has 152 valence electrons. The van der Waals surface area contributed by atoms with Gasteiger partial charge < -0.3 is 0 Å². The van der Waals surface area contributed by atoms with E-state index in [1.807, 2.05) is 0 Å². The predicted octanol–water partition coefficient (Wildman–Crippen LogP) is 3.13. The zero-order valence-corrected chi connectivity index (χ0v) is 16.3. The van der Waals surface area contributed by atoms with Gasteiger partial charge in [0.1, 0.15) is 0 Å². The molecule has 0 aliphatic heterocycles. The van der Waals surface area contributed by atoms with Crippen LogP contribution >= 0.6 is 11.8 Å². The van der Waals surface area contributed by atoms with E-state index in [9.17, 15) is 22.8 Å². The van der Waals surface area contributed by atoms with Gasteiger partial charge in [-0.2, -0.15) is 4.98 Å². The van der Waals surface area contributed by atoms with Gasteiger partial charge in [0.2, 0.25) is 0 Å². The van der Waals surface area contributed by atoms with Crippen LogP contribution in [0.2, 0.25) is 0 Å². The first-order chi connectivity index (χ1) is 14.4. The fourth-order valence-electron chi connectivity index (χ4n) is 3.13. The summed E-state index contributed by atoms with van der Waals surface area (Å²) in [6, 6.07) is 8.65. The number of rotatable bonds is 4. The zero-order valence-electron chi connectivity index (χ0n) is 15.5. The summed E-state index contributed by atoms with van der Waals surface area (Å²) in [6.07, 6.45) is 4.57. The van der Waals surface area contributed by atoms with E-state index in [0.717, 1.165) is 33.0 Å². The molecule has 0 radical (unpaired) electrons. The molecule has 0 atom stereocenters. The maximum Gasteiger partial charge on any atom is 0.358 e. The van der Waals surface area contributed by atoms with Crippen molar-refractivity contribution >= 4 is 22.5 Å². The van der Waals surface area contributed by atoms with E-state index in [0.29, 0.717) is 10.8 Å². The van der Waals surface area contributed by atoms with E-state index in [1.54, 1.807) is 36.7 Å². The van der Waals surface area contributed by atoms with Gasteiger partial charge in [-0.15, -0.1) is 0 Å². The van der Waals surface area contributed by atoms with E-state index in [4.69, 9.17) is 0 Å². The lowest BCUT2D eigenvalue weighted by molar-refractivity contribution is 0.443. The number of pyridine rings is 1. The van der Waals surface area contributed by atoms with Crippen molar-refractivity contribution in [3.8, 4) is 5.69 Å². The van der Waals surface area contributed by atoms with Crippen molar-refractivity contribution in [1.29, 1.82) is 0 Å². The fourth-order valence-corrected chi connectivity index (χ4v) is 3.67. The van der Waals surface area contributed by atoms with Gasteiger partial charge in [-0.05, 0) is 24.0 Å². The van der Waals surface area contributed by atoms with Gasteiger partial charge in [0.15, 0.2) is 22.6 Å². The van der Waals surface area contributed by atoms with Crippen LogP contribution < -0.4 is 11.4 Å². The second-order valence-corrected chi connectivity index (χ2v) is 7.11. The minimum atomic E-state index is -1.60. The van der Waals surface area contributed by atoms with Crippen LogP contribution in [0.3, 0.4) is 0 Å². The second-order valence-electron chi connectivity index (χ2n) is 6.34. The molecule has 0 aliphatic rings. The molecule has 0 fully saturated rings. The Morgan fingerprint density at radius 3 is 2.43 bits per heavy atom. The number of halogens is 3. The third-order valence-corrected chi connectivity index (χ3v) is 5.17. The Labute approximate surface area is 171 Å². The number of aromatic nitrogens is 4. The monoisotopic (exact) mass is 430 g/mol. The number of thioether (sulfide) groups is 1. The van der Waals surface area contributed by atoms with Crippen molar-refractivity contribution in [1.82, 2.24) is 19.1 Å². The third kappa shape index (κ3) is 3.39. The molecule has 0 saturated carbocycles. The highest BCUT2D eigenvalue weighted by atomic mass is 32.2. The SMILES string of the molecule is CSc1nc(=O)n(-c2cncc3ccccc23)c(=O)n1Cc1cc(F)c(F)c(F)c1. The van der Waals surface area contributed by atoms with Crippen LogP contribution in [0, 0.1) is 17.5 Å². The van der Waals surface area contributed by atoms with Crippen LogP contribution in [0.5, 0.6) is 0 Å². The molecule has 0 unspecified atom stereocenters. The summed E-state index contributed by atoms with van der Waals surface area (Å²) in [5.74, 6) is -4.34. The summed E-state index contributed by atoms with van der Waals surface area (Å²) in [5, 5.41) is 1.37. The molecule has 2 aromatic heterocycles. The number of hydrogen-bond donors (Lipinski definition) is 0. The maximum atomic E-state index is 13.6. The van der Waals surface area contributed by atoms with Gasteiger partial charge in [-0.3, -0.25) is 9.55 Å². The number of benzene rings is 2. The molecule has 0 saturated heterocycles. The lowest BCUT2D eigenvalue weighted by Crippen LogP contribution is -2.41. The Balaban J connectivity index is 1.95. The van der Waals surface area contributed by atoms with Crippen molar-refractivity contribution < 1.29 is 13.2 Å². The van der Waals surface area contributed by atoms with Crippen LogP contribution in [0.1, 0.15) is 5.56 Å². The summed E-state index contributed by atoms with van der Waals surface area (Å²) < 4.78 is 42.5. The summed E-state index contributed by atoms with van der Waals surface area (Å²) in [7, 11) is 0. The van der Waals surface area contributed by atoms with Gasteiger partial charge >= 0.3 is 11.4 Å². The smallest absolute Gasteiger partial charge is 0.267 e. The Kier molecular flexibility index (Phi) is 5.17. The van der Waals surface area contributed by atoms with Crippen LogP contribution in [0.15, 0.2) is 63.5 Å². The van der Waals surface area contributed by atoms with Crippen LogP contribution in [0.4, 0.5) is 13.2 Å². The van der Waals surface area contributed by atoms with E-state index in [2.05, 4.69) is 9.97 Å².